The van der Waals surface area contributed by atoms with Crippen molar-refractivity contribution in [3.05, 3.63) is 47.6 Å². The lowest BCUT2D eigenvalue weighted by molar-refractivity contribution is -0.120. The van der Waals surface area contributed by atoms with Crippen molar-refractivity contribution in [1.29, 1.82) is 0 Å². The van der Waals surface area contributed by atoms with Crippen LogP contribution in [0.2, 0.25) is 5.02 Å². The zero-order valence-electron chi connectivity index (χ0n) is 17.3. The molecular weight excluding hydrogens is 420 g/mol. The lowest BCUT2D eigenvalue weighted by Crippen LogP contribution is -2.55. The Balaban J connectivity index is 1.43. The molecule has 0 spiro atoms. The molecule has 1 aliphatic rings. The van der Waals surface area contributed by atoms with Gasteiger partial charge in [-0.05, 0) is 31.2 Å². The molecule has 4 rings (SSSR count). The van der Waals surface area contributed by atoms with E-state index in [0.29, 0.717) is 42.3 Å². The van der Waals surface area contributed by atoms with Crippen LogP contribution in [0.25, 0.3) is 11.4 Å². The number of rotatable bonds is 5. The molecule has 0 saturated carbocycles. The van der Waals surface area contributed by atoms with E-state index in [1.54, 1.807) is 27.9 Å². The summed E-state index contributed by atoms with van der Waals surface area (Å²) in [5.74, 6) is 1.49. The maximum atomic E-state index is 12.7. The summed E-state index contributed by atoms with van der Waals surface area (Å²) in [4.78, 5) is 25.4. The van der Waals surface area contributed by atoms with Crippen molar-refractivity contribution in [2.24, 2.45) is 12.0 Å². The van der Waals surface area contributed by atoms with Crippen molar-refractivity contribution >= 4 is 29.2 Å². The van der Waals surface area contributed by atoms with Crippen LogP contribution in [0, 0.1) is 0 Å². The first kappa shape index (κ1) is 20.9. The first-order chi connectivity index (χ1) is 15.0. The first-order valence-corrected chi connectivity index (χ1v) is 10.3. The molecule has 162 valence electrons. The number of carbonyl (C=O) groups excluding carboxylic acids is 1. The maximum Gasteiger partial charge on any atom is 0.248 e. The van der Waals surface area contributed by atoms with Gasteiger partial charge in [0.25, 0.3) is 0 Å². The van der Waals surface area contributed by atoms with Crippen LogP contribution in [0.15, 0.2) is 46.2 Å². The smallest absolute Gasteiger partial charge is 0.248 e. The number of aliphatic imine (C=N–C) groups is 1. The predicted molar refractivity (Wildman–Crippen MR) is 117 cm³/mol. The fraction of sp³-hybridized carbons (Fsp3) is 0.350. The average molecular weight is 443 g/mol. The van der Waals surface area contributed by atoms with Gasteiger partial charge in [-0.3, -0.25) is 9.48 Å². The monoisotopic (exact) mass is 442 g/mol. The summed E-state index contributed by atoms with van der Waals surface area (Å²) in [6.07, 6.45) is 3.53. The van der Waals surface area contributed by atoms with Crippen molar-refractivity contribution < 1.29 is 9.32 Å². The molecule has 0 bridgehead atoms. The highest BCUT2D eigenvalue weighted by atomic mass is 35.5. The number of hydrogen-bond acceptors (Lipinski definition) is 6. The highest BCUT2D eigenvalue weighted by Gasteiger charge is 2.27. The van der Waals surface area contributed by atoms with Crippen molar-refractivity contribution in [3.8, 4) is 11.4 Å². The van der Waals surface area contributed by atoms with E-state index < -0.39 is 0 Å². The molecule has 1 aromatic carbocycles. The van der Waals surface area contributed by atoms with Crippen molar-refractivity contribution in [1.82, 2.24) is 30.1 Å². The molecular formula is C20H23ClN8O2. The molecule has 1 amide bonds. The minimum atomic E-state index is -0.00679. The van der Waals surface area contributed by atoms with Crippen LogP contribution in [0.5, 0.6) is 0 Å². The molecule has 11 heteroatoms. The van der Waals surface area contributed by atoms with E-state index in [2.05, 4.69) is 25.5 Å². The Morgan fingerprint density at radius 1 is 1.29 bits per heavy atom. The van der Waals surface area contributed by atoms with Gasteiger partial charge in [0.05, 0.1) is 11.9 Å². The zero-order chi connectivity index (χ0) is 21.8. The number of guanidine groups is 1. The van der Waals surface area contributed by atoms with Crippen LogP contribution in [0.4, 0.5) is 5.69 Å². The van der Waals surface area contributed by atoms with Crippen LogP contribution in [-0.4, -0.2) is 62.9 Å². The van der Waals surface area contributed by atoms with Gasteiger partial charge in [-0.25, -0.2) is 4.99 Å². The van der Waals surface area contributed by atoms with Crippen molar-refractivity contribution in [3.63, 3.8) is 0 Å². The van der Waals surface area contributed by atoms with E-state index in [9.17, 15) is 4.79 Å². The van der Waals surface area contributed by atoms with Crippen molar-refractivity contribution in [2.45, 2.75) is 13.5 Å². The van der Waals surface area contributed by atoms with Crippen LogP contribution in [0.1, 0.15) is 12.8 Å². The summed E-state index contributed by atoms with van der Waals surface area (Å²) in [5.41, 5.74) is 1.61. The van der Waals surface area contributed by atoms with Gasteiger partial charge in [-0.2, -0.15) is 10.1 Å². The second kappa shape index (κ2) is 9.17. The molecule has 2 aromatic heterocycles. The molecule has 0 atom stereocenters. The topological polar surface area (TPSA) is 105 Å². The van der Waals surface area contributed by atoms with Crippen molar-refractivity contribution in [2.75, 3.05) is 31.1 Å². The number of aromatic nitrogens is 4. The highest BCUT2D eigenvalue weighted by molar-refractivity contribution is 6.30. The van der Waals surface area contributed by atoms with Crippen LogP contribution in [-0.2, 0) is 18.4 Å². The fourth-order valence-electron chi connectivity index (χ4n) is 3.28. The van der Waals surface area contributed by atoms with E-state index in [1.807, 2.05) is 37.2 Å². The Labute approximate surface area is 184 Å². The molecule has 0 aliphatic carbocycles. The number of amides is 1. The summed E-state index contributed by atoms with van der Waals surface area (Å²) in [5, 5.41) is 12.0. The standard InChI is InChI=1S/C20H23ClN8O2/c1-3-22-20(28-8-9-29(18(30)13-28)16-10-24-27(2)12-16)23-11-17-25-19(26-31-17)14-4-6-15(21)7-5-14/h4-7,10,12H,3,8-9,11,13H2,1-2H3,(H,22,23). The molecule has 0 radical (unpaired) electrons. The Morgan fingerprint density at radius 3 is 2.77 bits per heavy atom. The number of aryl methyl sites for hydroxylation is 1. The molecule has 1 fully saturated rings. The van der Waals surface area contributed by atoms with E-state index in [1.165, 1.54) is 0 Å². The third-order valence-electron chi connectivity index (χ3n) is 4.79. The largest absolute Gasteiger partial charge is 0.356 e. The first-order valence-electron chi connectivity index (χ1n) is 9.94. The fourth-order valence-corrected chi connectivity index (χ4v) is 3.40. The van der Waals surface area contributed by atoms with Crippen LogP contribution in [0.3, 0.4) is 0 Å². The Hall–Kier alpha value is -3.40. The maximum absolute atomic E-state index is 12.7. The number of carbonyl (C=O) groups is 1. The lowest BCUT2D eigenvalue weighted by atomic mass is 10.2. The molecule has 10 nitrogen and oxygen atoms in total. The van der Waals surface area contributed by atoms with Gasteiger partial charge in [0, 0.05) is 43.5 Å². The lowest BCUT2D eigenvalue weighted by Gasteiger charge is -2.35. The van der Waals surface area contributed by atoms with E-state index >= 15 is 0 Å². The van der Waals surface area contributed by atoms with Gasteiger partial charge < -0.3 is 19.6 Å². The zero-order valence-corrected chi connectivity index (χ0v) is 18.1. The minimum Gasteiger partial charge on any atom is -0.356 e. The quantitative estimate of drug-likeness (QED) is 0.475. The number of anilines is 1. The van der Waals surface area contributed by atoms with Gasteiger partial charge in [-0.15, -0.1) is 0 Å². The highest BCUT2D eigenvalue weighted by Crippen LogP contribution is 2.19. The van der Waals surface area contributed by atoms with Gasteiger partial charge in [-0.1, -0.05) is 16.8 Å². The van der Waals surface area contributed by atoms with Gasteiger partial charge in [0.2, 0.25) is 17.6 Å². The number of nitrogens with one attached hydrogen (secondary N) is 1. The third kappa shape index (κ3) is 4.85. The van der Waals surface area contributed by atoms with Crippen LogP contribution >= 0.6 is 11.6 Å². The number of piperazine rings is 1. The predicted octanol–water partition coefficient (Wildman–Crippen LogP) is 1.94. The summed E-state index contributed by atoms with van der Waals surface area (Å²) >= 11 is 5.92. The molecule has 1 aliphatic heterocycles. The van der Waals surface area contributed by atoms with Gasteiger partial charge in [0.1, 0.15) is 13.1 Å². The van der Waals surface area contributed by atoms with E-state index in [4.69, 9.17) is 16.1 Å². The number of nitrogens with zero attached hydrogens (tertiary/aromatic N) is 7. The molecule has 3 heterocycles. The molecule has 0 unspecified atom stereocenters. The Kier molecular flexibility index (Phi) is 6.17. The average Bonchev–Trinajstić information content (AvgIpc) is 3.41. The second-order valence-electron chi connectivity index (χ2n) is 7.03. The SMILES string of the molecule is CCNC(=NCc1nc(-c2ccc(Cl)cc2)no1)N1CCN(c2cnn(C)c2)C(=O)C1. The van der Waals surface area contributed by atoms with E-state index in [-0.39, 0.29) is 19.0 Å². The number of halogens is 1. The summed E-state index contributed by atoms with van der Waals surface area (Å²) in [6, 6.07) is 7.21. The molecule has 1 N–H and O–H groups in total. The third-order valence-corrected chi connectivity index (χ3v) is 5.04. The minimum absolute atomic E-state index is 0.00679. The molecule has 31 heavy (non-hydrogen) atoms. The van der Waals surface area contributed by atoms with Gasteiger partial charge in [0.15, 0.2) is 5.96 Å². The number of hydrogen-bond donors (Lipinski definition) is 1. The Morgan fingerprint density at radius 2 is 2.10 bits per heavy atom. The normalized spacial score (nSPS) is 14.9. The van der Waals surface area contributed by atoms with Crippen LogP contribution < -0.4 is 10.2 Å². The van der Waals surface area contributed by atoms with E-state index in [0.717, 1.165) is 11.3 Å². The molecule has 3 aromatic rings. The Bertz CT molecular complexity index is 1080. The van der Waals surface area contributed by atoms with Gasteiger partial charge >= 0.3 is 0 Å². The number of benzene rings is 1. The molecule has 1 saturated heterocycles. The second-order valence-corrected chi connectivity index (χ2v) is 7.46. The summed E-state index contributed by atoms with van der Waals surface area (Å²) < 4.78 is 7.02. The summed E-state index contributed by atoms with van der Waals surface area (Å²) in [7, 11) is 1.83. The summed E-state index contributed by atoms with van der Waals surface area (Å²) in [6.45, 7) is 4.29.